The molecule has 0 aliphatic carbocycles. The molecule has 2 saturated heterocycles. The van der Waals surface area contributed by atoms with Gasteiger partial charge in [0, 0.05) is 51.6 Å². The summed E-state index contributed by atoms with van der Waals surface area (Å²) in [6.45, 7) is 2.83. The number of nitrogens with zero attached hydrogens (tertiary/aromatic N) is 3. The number of pyridine rings is 1. The SMILES string of the molecule is COCC(=O)N1CCN(C(=O)c2cccc(OC)n2)CCC12CCOCC2. The fourth-order valence-electron chi connectivity index (χ4n) is 3.92. The fraction of sp³-hybridized carbons (Fsp3) is 0.632. The highest BCUT2D eigenvalue weighted by molar-refractivity contribution is 5.92. The van der Waals surface area contributed by atoms with Crippen LogP contribution in [0.5, 0.6) is 5.88 Å². The third kappa shape index (κ3) is 4.22. The van der Waals surface area contributed by atoms with Crippen molar-refractivity contribution in [2.24, 2.45) is 0 Å². The molecule has 0 radical (unpaired) electrons. The van der Waals surface area contributed by atoms with Gasteiger partial charge in [0.1, 0.15) is 12.3 Å². The van der Waals surface area contributed by atoms with E-state index >= 15 is 0 Å². The molecular formula is C19H27N3O5. The Morgan fingerprint density at radius 3 is 2.63 bits per heavy atom. The van der Waals surface area contributed by atoms with Crippen LogP contribution >= 0.6 is 0 Å². The first kappa shape index (κ1) is 19.6. The molecule has 0 saturated carbocycles. The Labute approximate surface area is 159 Å². The number of rotatable bonds is 4. The van der Waals surface area contributed by atoms with Crippen LogP contribution in [0.1, 0.15) is 29.8 Å². The number of carbonyl (C=O) groups excluding carboxylic acids is 2. The molecule has 27 heavy (non-hydrogen) atoms. The zero-order valence-corrected chi connectivity index (χ0v) is 16.0. The second-order valence-electron chi connectivity index (χ2n) is 6.92. The molecule has 8 heteroatoms. The maximum Gasteiger partial charge on any atom is 0.272 e. The predicted octanol–water partition coefficient (Wildman–Crippen LogP) is 0.960. The van der Waals surface area contributed by atoms with E-state index in [0.717, 1.165) is 19.3 Å². The van der Waals surface area contributed by atoms with Gasteiger partial charge in [-0.15, -0.1) is 0 Å². The number of aromatic nitrogens is 1. The molecule has 0 atom stereocenters. The molecule has 0 unspecified atom stereocenters. The van der Waals surface area contributed by atoms with E-state index in [9.17, 15) is 9.59 Å². The first-order chi connectivity index (χ1) is 13.1. The summed E-state index contributed by atoms with van der Waals surface area (Å²) in [6, 6.07) is 5.15. The Kier molecular flexibility index (Phi) is 6.28. The lowest BCUT2D eigenvalue weighted by Gasteiger charge is -2.45. The monoisotopic (exact) mass is 377 g/mol. The minimum absolute atomic E-state index is 0.0341. The lowest BCUT2D eigenvalue weighted by molar-refractivity contribution is -0.145. The van der Waals surface area contributed by atoms with Crippen molar-refractivity contribution in [3.8, 4) is 5.88 Å². The second kappa shape index (κ2) is 8.67. The van der Waals surface area contributed by atoms with Gasteiger partial charge in [-0.1, -0.05) is 6.07 Å². The summed E-state index contributed by atoms with van der Waals surface area (Å²) >= 11 is 0. The smallest absolute Gasteiger partial charge is 0.272 e. The van der Waals surface area contributed by atoms with Crippen LogP contribution in [0.25, 0.3) is 0 Å². The van der Waals surface area contributed by atoms with Crippen LogP contribution in [-0.2, 0) is 14.3 Å². The number of ether oxygens (including phenoxy) is 3. The van der Waals surface area contributed by atoms with Crippen molar-refractivity contribution in [2.45, 2.75) is 24.8 Å². The Bertz CT molecular complexity index is 675. The van der Waals surface area contributed by atoms with Gasteiger partial charge in [0.15, 0.2) is 0 Å². The molecule has 8 nitrogen and oxygen atoms in total. The van der Waals surface area contributed by atoms with E-state index < -0.39 is 0 Å². The summed E-state index contributed by atoms with van der Waals surface area (Å²) in [4.78, 5) is 33.6. The molecule has 1 aromatic heterocycles. The van der Waals surface area contributed by atoms with Crippen molar-refractivity contribution in [3.63, 3.8) is 0 Å². The van der Waals surface area contributed by atoms with Crippen molar-refractivity contribution < 1.29 is 23.8 Å². The molecule has 1 spiro atoms. The number of carbonyl (C=O) groups is 2. The summed E-state index contributed by atoms with van der Waals surface area (Å²) in [7, 11) is 3.05. The molecule has 2 aliphatic heterocycles. The molecule has 3 heterocycles. The van der Waals surface area contributed by atoms with Gasteiger partial charge in [0.05, 0.1) is 7.11 Å². The van der Waals surface area contributed by atoms with Gasteiger partial charge < -0.3 is 24.0 Å². The Morgan fingerprint density at radius 1 is 1.15 bits per heavy atom. The Hall–Kier alpha value is -2.19. The first-order valence-electron chi connectivity index (χ1n) is 9.27. The highest BCUT2D eigenvalue weighted by Crippen LogP contribution is 2.34. The average Bonchev–Trinajstić information content (AvgIpc) is 2.88. The normalized spacial score (nSPS) is 19.6. The molecule has 0 bridgehead atoms. The van der Waals surface area contributed by atoms with Gasteiger partial charge in [0.25, 0.3) is 5.91 Å². The van der Waals surface area contributed by atoms with Crippen LogP contribution in [0, 0.1) is 0 Å². The van der Waals surface area contributed by atoms with Crippen LogP contribution in [0.2, 0.25) is 0 Å². The molecule has 2 amide bonds. The Balaban J connectivity index is 1.79. The third-order valence-corrected chi connectivity index (χ3v) is 5.44. The molecule has 2 fully saturated rings. The molecule has 3 rings (SSSR count). The predicted molar refractivity (Wildman–Crippen MR) is 97.7 cm³/mol. The van der Waals surface area contributed by atoms with Crippen LogP contribution in [0.15, 0.2) is 18.2 Å². The zero-order chi connectivity index (χ0) is 19.3. The van der Waals surface area contributed by atoms with Gasteiger partial charge in [-0.25, -0.2) is 4.98 Å². The number of hydrogen-bond donors (Lipinski definition) is 0. The van der Waals surface area contributed by atoms with Crippen LogP contribution in [0.3, 0.4) is 0 Å². The van der Waals surface area contributed by atoms with Crippen LogP contribution < -0.4 is 4.74 Å². The summed E-state index contributed by atoms with van der Waals surface area (Å²) in [5.74, 6) is 0.235. The van der Waals surface area contributed by atoms with Crippen molar-refractivity contribution in [1.29, 1.82) is 0 Å². The van der Waals surface area contributed by atoms with Crippen molar-refractivity contribution in [2.75, 3.05) is 53.7 Å². The molecule has 2 aliphatic rings. The molecule has 0 aromatic carbocycles. The molecule has 148 valence electrons. The minimum atomic E-state index is -0.273. The molecule has 1 aromatic rings. The van der Waals surface area contributed by atoms with E-state index in [1.54, 1.807) is 23.1 Å². The largest absolute Gasteiger partial charge is 0.481 e. The van der Waals surface area contributed by atoms with Crippen molar-refractivity contribution >= 4 is 11.8 Å². The summed E-state index contributed by atoms with van der Waals surface area (Å²) in [5.41, 5.74) is 0.0806. The molecule has 0 N–H and O–H groups in total. The highest BCUT2D eigenvalue weighted by atomic mass is 16.5. The second-order valence-corrected chi connectivity index (χ2v) is 6.92. The number of hydrogen-bond acceptors (Lipinski definition) is 6. The maximum atomic E-state index is 12.9. The summed E-state index contributed by atoms with van der Waals surface area (Å²) < 4.78 is 15.7. The van der Waals surface area contributed by atoms with E-state index in [-0.39, 0.29) is 24.0 Å². The summed E-state index contributed by atoms with van der Waals surface area (Å²) in [5, 5.41) is 0. The quantitative estimate of drug-likeness (QED) is 0.778. The van der Waals surface area contributed by atoms with E-state index in [2.05, 4.69) is 4.98 Å². The van der Waals surface area contributed by atoms with Crippen molar-refractivity contribution in [1.82, 2.24) is 14.8 Å². The van der Waals surface area contributed by atoms with E-state index in [1.807, 2.05) is 4.90 Å². The van der Waals surface area contributed by atoms with Gasteiger partial charge in [0.2, 0.25) is 11.8 Å². The van der Waals surface area contributed by atoms with Gasteiger partial charge >= 0.3 is 0 Å². The Morgan fingerprint density at radius 2 is 1.93 bits per heavy atom. The van der Waals surface area contributed by atoms with E-state index in [0.29, 0.717) is 44.4 Å². The van der Waals surface area contributed by atoms with Crippen LogP contribution in [0.4, 0.5) is 0 Å². The van der Waals surface area contributed by atoms with Crippen LogP contribution in [-0.4, -0.2) is 85.8 Å². The third-order valence-electron chi connectivity index (χ3n) is 5.44. The van der Waals surface area contributed by atoms with Gasteiger partial charge in [-0.05, 0) is 25.3 Å². The summed E-state index contributed by atoms with van der Waals surface area (Å²) in [6.07, 6.45) is 2.28. The van der Waals surface area contributed by atoms with Gasteiger partial charge in [-0.3, -0.25) is 9.59 Å². The number of amides is 2. The number of methoxy groups -OCH3 is 2. The highest BCUT2D eigenvalue weighted by Gasteiger charge is 2.43. The van der Waals surface area contributed by atoms with E-state index in [1.165, 1.54) is 14.2 Å². The van der Waals surface area contributed by atoms with Gasteiger partial charge in [-0.2, -0.15) is 0 Å². The topological polar surface area (TPSA) is 81.2 Å². The van der Waals surface area contributed by atoms with Crippen molar-refractivity contribution in [3.05, 3.63) is 23.9 Å². The first-order valence-corrected chi connectivity index (χ1v) is 9.27. The molecular weight excluding hydrogens is 350 g/mol. The standard InChI is InChI=1S/C19H27N3O5/c1-25-14-17(23)22-11-10-21(9-6-19(22)7-12-27-13-8-19)18(24)15-4-3-5-16(20-15)26-2/h3-5H,6-14H2,1-2H3. The fourth-order valence-corrected chi connectivity index (χ4v) is 3.92. The zero-order valence-electron chi connectivity index (χ0n) is 16.0. The van der Waals surface area contributed by atoms with E-state index in [4.69, 9.17) is 14.2 Å². The maximum absolute atomic E-state index is 12.9. The minimum Gasteiger partial charge on any atom is -0.481 e. The lowest BCUT2D eigenvalue weighted by Crippen LogP contribution is -2.55. The average molecular weight is 377 g/mol. The lowest BCUT2D eigenvalue weighted by atomic mass is 9.84.